The van der Waals surface area contributed by atoms with Gasteiger partial charge >= 0.3 is 0 Å². The number of rotatable bonds is 2. The van der Waals surface area contributed by atoms with Gasteiger partial charge in [0, 0.05) is 23.6 Å². The number of amides is 2. The van der Waals surface area contributed by atoms with Crippen molar-refractivity contribution >= 4 is 33.6 Å². The largest absolute Gasteiger partial charge is 0.384 e. The first-order valence-electron chi connectivity index (χ1n) is 5.05. The molecular formula is C10H11BrN4O2. The second-order valence-electron chi connectivity index (χ2n) is 3.77. The van der Waals surface area contributed by atoms with Crippen LogP contribution in [0.15, 0.2) is 16.7 Å². The van der Waals surface area contributed by atoms with Crippen molar-refractivity contribution in [2.24, 2.45) is 0 Å². The van der Waals surface area contributed by atoms with Gasteiger partial charge in [0.25, 0.3) is 5.91 Å². The molecule has 1 aromatic heterocycles. The fourth-order valence-corrected chi connectivity index (χ4v) is 2.00. The molecule has 1 aliphatic heterocycles. The quantitative estimate of drug-likeness (QED) is 0.718. The minimum Gasteiger partial charge on any atom is -0.384 e. The number of carbonyl (C=O) groups is 2. The normalized spacial score (nSPS) is 18.9. The first kappa shape index (κ1) is 11.8. The summed E-state index contributed by atoms with van der Waals surface area (Å²) in [6.07, 6.45) is 1.78. The number of nitrogens with one attached hydrogen (secondary N) is 2. The Hall–Kier alpha value is -1.63. The third-order valence-electron chi connectivity index (χ3n) is 2.43. The van der Waals surface area contributed by atoms with Crippen molar-refractivity contribution < 1.29 is 9.59 Å². The molecule has 0 bridgehead atoms. The Kier molecular flexibility index (Phi) is 3.28. The van der Waals surface area contributed by atoms with E-state index in [4.69, 9.17) is 5.73 Å². The Morgan fingerprint density at radius 2 is 2.41 bits per heavy atom. The molecule has 2 heterocycles. The Labute approximate surface area is 106 Å². The van der Waals surface area contributed by atoms with Gasteiger partial charge in [0.1, 0.15) is 5.82 Å². The fourth-order valence-electron chi connectivity index (χ4n) is 1.60. The van der Waals surface area contributed by atoms with Gasteiger partial charge in [-0.15, -0.1) is 0 Å². The van der Waals surface area contributed by atoms with Gasteiger partial charge in [0.2, 0.25) is 5.91 Å². The van der Waals surface area contributed by atoms with Crippen LogP contribution in [0.3, 0.4) is 0 Å². The third kappa shape index (κ3) is 2.73. The van der Waals surface area contributed by atoms with E-state index in [1.165, 1.54) is 12.3 Å². The zero-order valence-electron chi connectivity index (χ0n) is 8.87. The van der Waals surface area contributed by atoms with Gasteiger partial charge in [-0.05, 0) is 22.0 Å². The van der Waals surface area contributed by atoms with Crippen LogP contribution in [0.2, 0.25) is 0 Å². The van der Waals surface area contributed by atoms with E-state index < -0.39 is 0 Å². The molecule has 1 unspecified atom stereocenters. The molecule has 1 aromatic rings. The fraction of sp³-hybridized carbons (Fsp3) is 0.300. The molecule has 4 N–H and O–H groups in total. The molecule has 7 heteroatoms. The lowest BCUT2D eigenvalue weighted by Gasteiger charge is -2.11. The van der Waals surface area contributed by atoms with Crippen molar-refractivity contribution in [2.75, 3.05) is 12.3 Å². The van der Waals surface area contributed by atoms with E-state index in [1.807, 2.05) is 0 Å². The highest BCUT2D eigenvalue weighted by atomic mass is 79.9. The molecule has 1 atom stereocenters. The number of pyridine rings is 1. The van der Waals surface area contributed by atoms with Crippen LogP contribution in [-0.4, -0.2) is 29.4 Å². The Bertz CT molecular complexity index is 477. The SMILES string of the molecule is Nc1cc(C(=O)NC2CNC(=O)C2)c(Br)cn1. The number of hydrogen-bond donors (Lipinski definition) is 3. The maximum Gasteiger partial charge on any atom is 0.252 e. The van der Waals surface area contributed by atoms with Gasteiger partial charge < -0.3 is 16.4 Å². The molecule has 0 aliphatic carbocycles. The summed E-state index contributed by atoms with van der Waals surface area (Å²) in [6.45, 7) is 0.461. The zero-order valence-corrected chi connectivity index (χ0v) is 10.5. The van der Waals surface area contributed by atoms with Gasteiger partial charge in [0.05, 0.1) is 11.6 Å². The number of hydrogen-bond acceptors (Lipinski definition) is 4. The van der Waals surface area contributed by atoms with Gasteiger partial charge in [-0.1, -0.05) is 0 Å². The van der Waals surface area contributed by atoms with E-state index in [0.717, 1.165) is 0 Å². The highest BCUT2D eigenvalue weighted by molar-refractivity contribution is 9.10. The molecule has 0 aromatic carbocycles. The van der Waals surface area contributed by atoms with Crippen LogP contribution in [0.5, 0.6) is 0 Å². The maximum absolute atomic E-state index is 11.9. The van der Waals surface area contributed by atoms with Gasteiger partial charge in [-0.2, -0.15) is 0 Å². The summed E-state index contributed by atoms with van der Waals surface area (Å²) >= 11 is 3.23. The van der Waals surface area contributed by atoms with Crippen LogP contribution < -0.4 is 16.4 Å². The topological polar surface area (TPSA) is 97.1 Å². The third-order valence-corrected chi connectivity index (χ3v) is 3.07. The number of halogens is 1. The van der Waals surface area contributed by atoms with Crippen molar-refractivity contribution in [1.29, 1.82) is 0 Å². The van der Waals surface area contributed by atoms with E-state index in [0.29, 0.717) is 23.0 Å². The van der Waals surface area contributed by atoms with E-state index in [-0.39, 0.29) is 23.7 Å². The molecule has 2 rings (SSSR count). The lowest BCUT2D eigenvalue weighted by molar-refractivity contribution is -0.119. The summed E-state index contributed by atoms with van der Waals surface area (Å²) in [7, 11) is 0. The number of carbonyl (C=O) groups excluding carboxylic acids is 2. The number of anilines is 1. The zero-order chi connectivity index (χ0) is 12.4. The maximum atomic E-state index is 11.9. The molecule has 90 valence electrons. The molecular weight excluding hydrogens is 288 g/mol. The average Bonchev–Trinajstić information content (AvgIpc) is 2.67. The van der Waals surface area contributed by atoms with Crippen LogP contribution in [0.1, 0.15) is 16.8 Å². The summed E-state index contributed by atoms with van der Waals surface area (Å²) in [5.41, 5.74) is 5.93. The van der Waals surface area contributed by atoms with Gasteiger partial charge in [0.15, 0.2) is 0 Å². The Balaban J connectivity index is 2.09. The van der Waals surface area contributed by atoms with Crippen molar-refractivity contribution in [3.63, 3.8) is 0 Å². The number of nitrogens with zero attached hydrogens (tertiary/aromatic N) is 1. The molecule has 1 saturated heterocycles. The molecule has 1 fully saturated rings. The summed E-state index contributed by atoms with van der Waals surface area (Å²) in [5.74, 6) is -0.0462. The van der Waals surface area contributed by atoms with Crippen molar-refractivity contribution in [1.82, 2.24) is 15.6 Å². The highest BCUT2D eigenvalue weighted by Gasteiger charge is 2.24. The first-order valence-corrected chi connectivity index (χ1v) is 5.84. The first-order chi connectivity index (χ1) is 8.06. The molecule has 0 spiro atoms. The summed E-state index contributed by atoms with van der Waals surface area (Å²) < 4.78 is 0.571. The van der Waals surface area contributed by atoms with Gasteiger partial charge in [-0.25, -0.2) is 4.98 Å². The predicted octanol–water partition coefficient (Wildman–Crippen LogP) is 0.0446. The minimum atomic E-state index is -0.271. The molecule has 0 radical (unpaired) electrons. The van der Waals surface area contributed by atoms with Crippen LogP contribution in [0.4, 0.5) is 5.82 Å². The van der Waals surface area contributed by atoms with Gasteiger partial charge in [-0.3, -0.25) is 9.59 Å². The molecule has 1 aliphatic rings. The Morgan fingerprint density at radius 1 is 1.65 bits per heavy atom. The second-order valence-corrected chi connectivity index (χ2v) is 4.62. The number of nitrogen functional groups attached to an aromatic ring is 1. The predicted molar refractivity (Wildman–Crippen MR) is 65.2 cm³/mol. The highest BCUT2D eigenvalue weighted by Crippen LogP contribution is 2.17. The van der Waals surface area contributed by atoms with Crippen LogP contribution in [0.25, 0.3) is 0 Å². The number of aromatic nitrogens is 1. The lowest BCUT2D eigenvalue weighted by Crippen LogP contribution is -2.36. The van der Waals surface area contributed by atoms with Crippen molar-refractivity contribution in [3.05, 3.63) is 22.3 Å². The molecule has 0 saturated carbocycles. The van der Waals surface area contributed by atoms with Crippen molar-refractivity contribution in [3.8, 4) is 0 Å². The van der Waals surface area contributed by atoms with E-state index in [9.17, 15) is 9.59 Å². The Morgan fingerprint density at radius 3 is 3.06 bits per heavy atom. The standard InChI is InChI=1S/C10H11BrN4O2/c11-7-4-13-8(12)2-6(7)10(17)15-5-1-9(16)14-3-5/h2,4-5H,1,3H2,(H2,12,13)(H,14,16)(H,15,17). The molecule has 2 amide bonds. The minimum absolute atomic E-state index is 0.0522. The van der Waals surface area contributed by atoms with Crippen LogP contribution in [-0.2, 0) is 4.79 Å². The van der Waals surface area contributed by atoms with Crippen LogP contribution >= 0.6 is 15.9 Å². The van der Waals surface area contributed by atoms with E-state index in [1.54, 1.807) is 0 Å². The van der Waals surface area contributed by atoms with E-state index in [2.05, 4.69) is 31.5 Å². The average molecular weight is 299 g/mol. The smallest absolute Gasteiger partial charge is 0.252 e. The van der Waals surface area contributed by atoms with Crippen LogP contribution in [0, 0.1) is 0 Å². The monoisotopic (exact) mass is 298 g/mol. The molecule has 6 nitrogen and oxygen atoms in total. The summed E-state index contributed by atoms with van der Waals surface area (Å²) in [5, 5.41) is 5.41. The second kappa shape index (κ2) is 4.70. The van der Waals surface area contributed by atoms with E-state index >= 15 is 0 Å². The summed E-state index contributed by atoms with van der Waals surface area (Å²) in [6, 6.07) is 1.32. The van der Waals surface area contributed by atoms with Crippen molar-refractivity contribution in [2.45, 2.75) is 12.5 Å². The summed E-state index contributed by atoms with van der Waals surface area (Å²) in [4.78, 5) is 26.8. The molecule has 17 heavy (non-hydrogen) atoms. The number of nitrogens with two attached hydrogens (primary N) is 1. The lowest BCUT2D eigenvalue weighted by atomic mass is 10.2.